The number of fused-ring (bicyclic) bond motifs is 3. The van der Waals surface area contributed by atoms with Crippen molar-refractivity contribution in [3.8, 4) is 0 Å². The van der Waals surface area contributed by atoms with Gasteiger partial charge in [-0.05, 0) is 69.7 Å². The lowest BCUT2D eigenvalue weighted by molar-refractivity contribution is -0.141. The quantitative estimate of drug-likeness (QED) is 0.367. The fourth-order valence-corrected chi connectivity index (χ4v) is 8.64. The van der Waals surface area contributed by atoms with Crippen LogP contribution in [0.1, 0.15) is 89.7 Å². The van der Waals surface area contributed by atoms with E-state index in [1.54, 1.807) is 32.9 Å². The number of hydrogen-bond acceptors (Lipinski definition) is 10. The number of carbonyl (C=O) groups is 5. The molecule has 3 N–H and O–H groups in total. The number of rotatable bonds is 5. The van der Waals surface area contributed by atoms with Crippen LogP contribution in [-0.4, -0.2) is 89.0 Å². The number of carbonyl (C=O) groups excluding carboxylic acids is 5. The number of nitrogens with zero attached hydrogens (tertiary/aromatic N) is 3. The van der Waals surface area contributed by atoms with Crippen molar-refractivity contribution < 1.29 is 46.3 Å². The number of halogens is 2. The Morgan fingerprint density at radius 3 is 2.45 bits per heavy atom. The van der Waals surface area contributed by atoms with Crippen molar-refractivity contribution in [3.05, 3.63) is 58.6 Å². The molecule has 3 fully saturated rings. The highest BCUT2D eigenvalue weighted by Gasteiger charge is 2.62. The standard InChI is InChI=1S/C37H46ClFN6O9S/c1-36(2,3)54-34(49)41-28-13-8-6-4-5-7-11-23-17-37(23,33(48)43-55(51,52)25-14-15-30(38)40-18-25)42-31(46)29-16-24(20-45(29)32(28)47)53-35(50)44-19-22-10-9-12-27(39)26(22)21-44/h9-10,12,14-15,18,23-24,28-29H,4-8,11,13,16-17,19-21H2,1-3H3,(H,41,49)(H,42,46)(H,43,48)/t23-,24-,28+,29+,37-/m1/s1. The summed E-state index contributed by atoms with van der Waals surface area (Å²) < 4.78 is 54.3. The van der Waals surface area contributed by atoms with Gasteiger partial charge in [0.1, 0.15) is 45.2 Å². The average Bonchev–Trinajstić information content (AvgIpc) is 3.40. The van der Waals surface area contributed by atoms with Crippen LogP contribution in [0.3, 0.4) is 0 Å². The Labute approximate surface area is 324 Å². The molecule has 5 atom stereocenters. The average molecular weight is 805 g/mol. The fourth-order valence-electron chi connectivity index (χ4n) is 7.54. The molecule has 55 heavy (non-hydrogen) atoms. The van der Waals surface area contributed by atoms with Gasteiger partial charge in [-0.1, -0.05) is 55.8 Å². The van der Waals surface area contributed by atoms with E-state index >= 15 is 0 Å². The number of nitrogens with one attached hydrogen (secondary N) is 3. The molecule has 1 aliphatic carbocycles. The Morgan fingerprint density at radius 1 is 1.04 bits per heavy atom. The Hall–Kier alpha value is -4.51. The SMILES string of the molecule is CC(C)(C)OC(=O)N[C@H]1CCCCCCC[C@@H]2C[C@@]2(C(=O)NS(=O)(=O)c2ccc(Cl)nc2)NC(=O)[C@@H]2C[C@@H](OC(=O)N3Cc4cccc(F)c4C3)CN2C1=O. The molecule has 0 bridgehead atoms. The van der Waals surface area contributed by atoms with Crippen LogP contribution in [0.5, 0.6) is 0 Å². The van der Waals surface area contributed by atoms with Crippen LogP contribution in [0.4, 0.5) is 14.0 Å². The Kier molecular flexibility index (Phi) is 11.6. The first-order chi connectivity index (χ1) is 26.0. The molecule has 15 nitrogen and oxygen atoms in total. The zero-order valence-electron chi connectivity index (χ0n) is 30.9. The first kappa shape index (κ1) is 40.2. The highest BCUT2D eigenvalue weighted by atomic mass is 35.5. The van der Waals surface area contributed by atoms with Crippen LogP contribution in [0.15, 0.2) is 41.4 Å². The monoisotopic (exact) mass is 804 g/mol. The van der Waals surface area contributed by atoms with Crippen LogP contribution in [0, 0.1) is 11.7 Å². The number of amides is 5. The predicted molar refractivity (Wildman–Crippen MR) is 195 cm³/mol. The van der Waals surface area contributed by atoms with Gasteiger partial charge in [0.15, 0.2) is 0 Å². The van der Waals surface area contributed by atoms with Crippen molar-refractivity contribution in [3.63, 3.8) is 0 Å². The molecular weight excluding hydrogens is 759 g/mol. The van der Waals surface area contributed by atoms with Gasteiger partial charge in [-0.2, -0.15) is 0 Å². The van der Waals surface area contributed by atoms with Gasteiger partial charge in [-0.3, -0.25) is 19.3 Å². The molecule has 0 unspecified atom stereocenters. The number of benzene rings is 1. The maximum absolute atomic E-state index is 14.5. The Balaban J connectivity index is 1.26. The number of alkyl carbamates (subject to hydrolysis) is 1. The maximum atomic E-state index is 14.5. The van der Waals surface area contributed by atoms with E-state index in [0.29, 0.717) is 30.4 Å². The molecule has 3 aliphatic heterocycles. The van der Waals surface area contributed by atoms with Gasteiger partial charge >= 0.3 is 12.2 Å². The number of ether oxygens (including phenoxy) is 2. The lowest BCUT2D eigenvalue weighted by atomic mass is 10.0. The van der Waals surface area contributed by atoms with Crippen LogP contribution in [0.25, 0.3) is 0 Å². The molecule has 1 saturated carbocycles. The van der Waals surface area contributed by atoms with E-state index in [9.17, 15) is 36.8 Å². The van der Waals surface area contributed by atoms with E-state index in [1.807, 2.05) is 0 Å². The van der Waals surface area contributed by atoms with E-state index in [1.165, 1.54) is 28.0 Å². The molecule has 2 saturated heterocycles. The molecule has 4 heterocycles. The number of hydrogen-bond donors (Lipinski definition) is 3. The van der Waals surface area contributed by atoms with Gasteiger partial charge in [0.2, 0.25) is 11.8 Å². The molecule has 18 heteroatoms. The minimum Gasteiger partial charge on any atom is -0.444 e. The first-order valence-corrected chi connectivity index (χ1v) is 20.3. The molecule has 5 amide bonds. The van der Waals surface area contributed by atoms with Gasteiger partial charge in [-0.15, -0.1) is 0 Å². The van der Waals surface area contributed by atoms with E-state index in [0.717, 1.165) is 25.5 Å². The fraction of sp³-hybridized carbons (Fsp3) is 0.568. The van der Waals surface area contributed by atoms with Gasteiger partial charge in [0.25, 0.3) is 15.9 Å². The third-order valence-corrected chi connectivity index (χ3v) is 12.0. The number of sulfonamides is 1. The number of pyridine rings is 1. The summed E-state index contributed by atoms with van der Waals surface area (Å²) in [5, 5.41) is 5.52. The lowest BCUT2D eigenvalue weighted by Crippen LogP contribution is -2.58. The van der Waals surface area contributed by atoms with E-state index < -0.39 is 81.0 Å². The Bertz CT molecular complexity index is 1940. The topological polar surface area (TPSA) is 193 Å². The van der Waals surface area contributed by atoms with Crippen molar-refractivity contribution in [1.82, 2.24) is 30.1 Å². The summed E-state index contributed by atoms with van der Waals surface area (Å²) in [6, 6.07) is 4.69. The van der Waals surface area contributed by atoms with Crippen LogP contribution >= 0.6 is 11.6 Å². The first-order valence-electron chi connectivity index (χ1n) is 18.5. The summed E-state index contributed by atoms with van der Waals surface area (Å²) in [5.41, 5.74) is -1.44. The minimum atomic E-state index is -4.41. The third-order valence-electron chi connectivity index (χ3n) is 10.4. The van der Waals surface area contributed by atoms with Crippen molar-refractivity contribution in [2.45, 2.75) is 126 Å². The summed E-state index contributed by atoms with van der Waals surface area (Å²) in [4.78, 5) is 74.9. The van der Waals surface area contributed by atoms with Gasteiger partial charge in [0.05, 0.1) is 13.1 Å². The molecule has 298 valence electrons. The molecule has 0 radical (unpaired) electrons. The summed E-state index contributed by atoms with van der Waals surface area (Å²) in [6.45, 7) is 4.94. The van der Waals surface area contributed by atoms with E-state index in [-0.39, 0.29) is 48.9 Å². The highest BCUT2D eigenvalue weighted by molar-refractivity contribution is 7.90. The second-order valence-corrected chi connectivity index (χ2v) is 17.7. The van der Waals surface area contributed by atoms with Crippen molar-refractivity contribution >= 4 is 51.5 Å². The molecule has 0 spiro atoms. The molecule has 4 aliphatic rings. The largest absolute Gasteiger partial charge is 0.444 e. The van der Waals surface area contributed by atoms with E-state index in [2.05, 4.69) is 20.3 Å². The smallest absolute Gasteiger partial charge is 0.410 e. The zero-order valence-corrected chi connectivity index (χ0v) is 32.5. The normalized spacial score (nSPS) is 26.0. The van der Waals surface area contributed by atoms with Crippen LogP contribution in [0.2, 0.25) is 5.15 Å². The molecule has 6 rings (SSSR count). The van der Waals surface area contributed by atoms with Crippen LogP contribution in [-0.2, 0) is 47.0 Å². The maximum Gasteiger partial charge on any atom is 0.410 e. The molecule has 1 aromatic carbocycles. The molecule has 1 aromatic heterocycles. The number of aromatic nitrogens is 1. The molecule has 2 aromatic rings. The summed E-state index contributed by atoms with van der Waals surface area (Å²) in [5.74, 6) is -3.14. The minimum absolute atomic E-state index is 0.0178. The third kappa shape index (κ3) is 9.31. The predicted octanol–water partition coefficient (Wildman–Crippen LogP) is 4.31. The Morgan fingerprint density at radius 2 is 1.76 bits per heavy atom. The second kappa shape index (κ2) is 15.9. The van der Waals surface area contributed by atoms with E-state index in [4.69, 9.17) is 21.1 Å². The van der Waals surface area contributed by atoms with Crippen molar-refractivity contribution in [2.24, 2.45) is 5.92 Å². The van der Waals surface area contributed by atoms with Gasteiger partial charge < -0.3 is 25.0 Å². The summed E-state index contributed by atoms with van der Waals surface area (Å²) >= 11 is 5.82. The second-order valence-electron chi connectivity index (χ2n) is 15.6. The van der Waals surface area contributed by atoms with Crippen LogP contribution < -0.4 is 15.4 Å². The summed E-state index contributed by atoms with van der Waals surface area (Å²) in [6.07, 6.45) is 2.85. The van der Waals surface area contributed by atoms with Crippen molar-refractivity contribution in [1.29, 1.82) is 0 Å². The van der Waals surface area contributed by atoms with Crippen molar-refractivity contribution in [2.75, 3.05) is 6.54 Å². The van der Waals surface area contributed by atoms with Gasteiger partial charge in [-0.25, -0.2) is 32.1 Å². The molecular formula is C37H46ClFN6O9S. The summed E-state index contributed by atoms with van der Waals surface area (Å²) in [7, 11) is -4.41. The zero-order chi connectivity index (χ0) is 39.7. The highest BCUT2D eigenvalue weighted by Crippen LogP contribution is 2.48. The van der Waals surface area contributed by atoms with Gasteiger partial charge in [0, 0.05) is 24.7 Å². The lowest BCUT2D eigenvalue weighted by Gasteiger charge is -2.30.